The quantitative estimate of drug-likeness (QED) is 0.686. The van der Waals surface area contributed by atoms with Gasteiger partial charge in [-0.1, -0.05) is 39.8 Å². The largest absolute Gasteiger partial charge is 0.384 e. The van der Waals surface area contributed by atoms with Gasteiger partial charge in [-0.2, -0.15) is 0 Å². The Hall–Kier alpha value is -1.72. The van der Waals surface area contributed by atoms with Crippen LogP contribution in [0.1, 0.15) is 48.4 Å². The van der Waals surface area contributed by atoms with Crippen LogP contribution < -0.4 is 0 Å². The molecule has 0 spiro atoms. The molecule has 0 fully saturated rings. The molecule has 2 rings (SSSR count). The van der Waals surface area contributed by atoms with E-state index in [0.29, 0.717) is 37.5 Å². The summed E-state index contributed by atoms with van der Waals surface area (Å²) in [4.78, 5) is 26.2. The van der Waals surface area contributed by atoms with E-state index in [-0.39, 0.29) is 22.6 Å². The smallest absolute Gasteiger partial charge is 0.261 e. The Balaban J connectivity index is 1.95. The van der Waals surface area contributed by atoms with Crippen molar-refractivity contribution < 1.29 is 19.1 Å². The van der Waals surface area contributed by atoms with Crippen molar-refractivity contribution in [1.29, 1.82) is 0 Å². The van der Waals surface area contributed by atoms with Gasteiger partial charge in [0.1, 0.15) is 0 Å². The lowest BCUT2D eigenvalue weighted by molar-refractivity contribution is -0.0197. The molecule has 132 valence electrons. The minimum Gasteiger partial charge on any atom is -0.384 e. The molecule has 2 amide bonds. The van der Waals surface area contributed by atoms with Gasteiger partial charge in [-0.15, -0.1) is 0 Å². The lowest BCUT2D eigenvalue weighted by Crippen LogP contribution is -2.41. The summed E-state index contributed by atoms with van der Waals surface area (Å²) in [6, 6.07) is 6.96. The molecule has 1 aliphatic heterocycles. The van der Waals surface area contributed by atoms with E-state index in [1.165, 1.54) is 4.90 Å². The predicted octanol–water partition coefficient (Wildman–Crippen LogP) is 3.00. The van der Waals surface area contributed by atoms with Crippen LogP contribution in [0.2, 0.25) is 0 Å². The zero-order valence-electron chi connectivity index (χ0n) is 15.2. The summed E-state index contributed by atoms with van der Waals surface area (Å²) in [5.74, 6) is -0.438. The van der Waals surface area contributed by atoms with Gasteiger partial charge in [-0.3, -0.25) is 14.5 Å². The number of carbonyl (C=O) groups excluding carboxylic acids is 2. The van der Waals surface area contributed by atoms with Crippen LogP contribution in [0, 0.1) is 10.8 Å². The number of hydrogen-bond donors (Lipinski definition) is 0. The summed E-state index contributed by atoms with van der Waals surface area (Å²) < 4.78 is 11.0. The van der Waals surface area contributed by atoms with Crippen LogP contribution in [0.4, 0.5) is 0 Å². The highest BCUT2D eigenvalue weighted by molar-refractivity contribution is 6.21. The van der Waals surface area contributed by atoms with E-state index in [1.807, 2.05) is 13.8 Å². The highest BCUT2D eigenvalue weighted by Crippen LogP contribution is 2.27. The highest BCUT2D eigenvalue weighted by Gasteiger charge is 2.38. The Bertz CT molecular complexity index is 587. The van der Waals surface area contributed by atoms with Crippen molar-refractivity contribution in [2.24, 2.45) is 10.8 Å². The zero-order valence-corrected chi connectivity index (χ0v) is 15.2. The third kappa shape index (κ3) is 4.22. The number of carbonyl (C=O) groups is 2. The molecule has 0 saturated carbocycles. The maximum atomic E-state index is 12.5. The van der Waals surface area contributed by atoms with Gasteiger partial charge >= 0.3 is 0 Å². The van der Waals surface area contributed by atoms with Crippen molar-refractivity contribution in [3.05, 3.63) is 35.4 Å². The van der Waals surface area contributed by atoms with Crippen molar-refractivity contribution in [1.82, 2.24) is 4.90 Å². The van der Waals surface area contributed by atoms with E-state index in [1.54, 1.807) is 31.4 Å². The number of methoxy groups -OCH3 is 1. The highest BCUT2D eigenvalue weighted by atomic mass is 16.5. The van der Waals surface area contributed by atoms with Crippen LogP contribution in [0.5, 0.6) is 0 Å². The molecule has 1 aromatic carbocycles. The molecule has 0 radical (unpaired) electrons. The van der Waals surface area contributed by atoms with Gasteiger partial charge in [-0.05, 0) is 12.1 Å². The standard InChI is InChI=1S/C19H27NO4/c1-18(2,12-24-13-19(3,4)11-23-5)10-20-16(21)14-8-6-7-9-15(14)17(20)22/h6-9H,10-13H2,1-5H3. The third-order valence-corrected chi connectivity index (χ3v) is 3.99. The first-order valence-electron chi connectivity index (χ1n) is 8.19. The Morgan fingerprint density at radius 1 is 0.875 bits per heavy atom. The van der Waals surface area contributed by atoms with E-state index in [4.69, 9.17) is 9.47 Å². The van der Waals surface area contributed by atoms with Crippen LogP contribution in [-0.2, 0) is 9.47 Å². The molecule has 1 aliphatic rings. The SMILES string of the molecule is COCC(C)(C)COCC(C)(C)CN1C(=O)c2ccccc2C1=O. The Morgan fingerprint density at radius 3 is 1.88 bits per heavy atom. The second-order valence-electron chi connectivity index (χ2n) is 8.00. The minimum atomic E-state index is -0.323. The van der Waals surface area contributed by atoms with E-state index in [2.05, 4.69) is 13.8 Å². The molecule has 0 aliphatic carbocycles. The molecule has 1 heterocycles. The van der Waals surface area contributed by atoms with Gasteiger partial charge in [0.2, 0.25) is 0 Å². The average molecular weight is 333 g/mol. The first-order valence-corrected chi connectivity index (χ1v) is 8.19. The van der Waals surface area contributed by atoms with Crippen molar-refractivity contribution in [3.8, 4) is 0 Å². The molecular weight excluding hydrogens is 306 g/mol. The Morgan fingerprint density at radius 2 is 1.38 bits per heavy atom. The van der Waals surface area contributed by atoms with E-state index in [0.717, 1.165) is 0 Å². The molecule has 5 heteroatoms. The Labute approximate surface area is 143 Å². The topological polar surface area (TPSA) is 55.8 Å². The number of imide groups is 1. The lowest BCUT2D eigenvalue weighted by atomic mass is 9.93. The molecule has 1 aromatic rings. The number of benzene rings is 1. The second kappa shape index (κ2) is 7.03. The number of nitrogens with zero attached hydrogens (tertiary/aromatic N) is 1. The Kier molecular flexibility index (Phi) is 5.45. The van der Waals surface area contributed by atoms with Gasteiger partial charge in [0.25, 0.3) is 11.8 Å². The second-order valence-corrected chi connectivity index (χ2v) is 8.00. The summed E-state index contributed by atoms with van der Waals surface area (Å²) in [5.41, 5.74) is 0.581. The van der Waals surface area contributed by atoms with Gasteiger partial charge in [0.15, 0.2) is 0 Å². The molecule has 0 N–H and O–H groups in total. The lowest BCUT2D eigenvalue weighted by Gasteiger charge is -2.31. The molecule has 0 bridgehead atoms. The van der Waals surface area contributed by atoms with Gasteiger partial charge < -0.3 is 9.47 Å². The number of amides is 2. The number of fused-ring (bicyclic) bond motifs is 1. The normalized spacial score (nSPS) is 15.1. The molecule has 0 aromatic heterocycles. The monoisotopic (exact) mass is 333 g/mol. The number of hydrogen-bond acceptors (Lipinski definition) is 4. The van der Waals surface area contributed by atoms with E-state index in [9.17, 15) is 9.59 Å². The zero-order chi connectivity index (χ0) is 18.0. The molecule has 5 nitrogen and oxygen atoms in total. The minimum absolute atomic E-state index is 0.0691. The maximum absolute atomic E-state index is 12.5. The summed E-state index contributed by atoms with van der Waals surface area (Å²) >= 11 is 0. The van der Waals surface area contributed by atoms with Crippen LogP contribution >= 0.6 is 0 Å². The van der Waals surface area contributed by atoms with E-state index >= 15 is 0 Å². The summed E-state index contributed by atoms with van der Waals surface area (Å²) in [6.07, 6.45) is 0. The third-order valence-electron chi connectivity index (χ3n) is 3.99. The number of ether oxygens (including phenoxy) is 2. The van der Waals surface area contributed by atoms with Crippen molar-refractivity contribution in [2.75, 3.05) is 33.5 Å². The summed E-state index contributed by atoms with van der Waals surface area (Å²) in [6.45, 7) is 10.1. The van der Waals surface area contributed by atoms with E-state index < -0.39 is 0 Å². The van der Waals surface area contributed by atoms with Crippen LogP contribution in [0.25, 0.3) is 0 Å². The molecule has 0 atom stereocenters. The van der Waals surface area contributed by atoms with Crippen LogP contribution in [0.3, 0.4) is 0 Å². The first kappa shape index (κ1) is 18.6. The first-order chi connectivity index (χ1) is 11.2. The van der Waals surface area contributed by atoms with Crippen molar-refractivity contribution in [2.45, 2.75) is 27.7 Å². The summed E-state index contributed by atoms with van der Waals surface area (Å²) in [5, 5.41) is 0. The fraction of sp³-hybridized carbons (Fsp3) is 0.579. The average Bonchev–Trinajstić information content (AvgIpc) is 2.72. The fourth-order valence-corrected chi connectivity index (χ4v) is 2.89. The van der Waals surface area contributed by atoms with Gasteiger partial charge in [0.05, 0.1) is 30.9 Å². The molecule has 0 saturated heterocycles. The predicted molar refractivity (Wildman–Crippen MR) is 92.1 cm³/mol. The van der Waals surface area contributed by atoms with Crippen molar-refractivity contribution in [3.63, 3.8) is 0 Å². The molecule has 0 unspecified atom stereocenters. The number of rotatable bonds is 8. The van der Waals surface area contributed by atoms with Gasteiger partial charge in [-0.25, -0.2) is 0 Å². The summed E-state index contributed by atoms with van der Waals surface area (Å²) in [7, 11) is 1.67. The van der Waals surface area contributed by atoms with Crippen molar-refractivity contribution >= 4 is 11.8 Å². The molecular formula is C19H27NO4. The fourth-order valence-electron chi connectivity index (χ4n) is 2.89. The maximum Gasteiger partial charge on any atom is 0.261 e. The van der Waals surface area contributed by atoms with Gasteiger partial charge in [0, 0.05) is 24.5 Å². The van der Waals surface area contributed by atoms with Crippen LogP contribution in [-0.4, -0.2) is 50.2 Å². The molecule has 24 heavy (non-hydrogen) atoms. The van der Waals surface area contributed by atoms with Crippen LogP contribution in [0.15, 0.2) is 24.3 Å².